The monoisotopic (exact) mass is 645 g/mol. The number of amides is 3. The van der Waals surface area contributed by atoms with Crippen LogP contribution in [-0.2, 0) is 9.47 Å². The molecule has 5 rings (SSSR count). The van der Waals surface area contributed by atoms with Gasteiger partial charge in [0.05, 0.1) is 20.3 Å². The number of ether oxygens (including phenoxy) is 4. The number of morpholine rings is 1. The van der Waals surface area contributed by atoms with Gasteiger partial charge in [0, 0.05) is 67.7 Å². The number of hydrogen-bond acceptors (Lipinski definition) is 9. The Balaban J connectivity index is 1.22. The number of pyridine rings is 1. The molecule has 0 atom stereocenters. The molecule has 12 heteroatoms. The zero-order valence-electron chi connectivity index (χ0n) is 27.6. The number of nitrogens with one attached hydrogen (secondary N) is 2. The number of carbonyl (C=O) groups excluding carboxylic acids is 3. The van der Waals surface area contributed by atoms with Crippen LogP contribution >= 0.6 is 0 Å². The Kier molecular flexibility index (Phi) is 10.5. The maximum absolute atomic E-state index is 13.4. The molecular weight excluding hydrogens is 602 g/mol. The zero-order valence-corrected chi connectivity index (χ0v) is 27.6. The number of nitrogens with zero attached hydrogens (tertiary/aromatic N) is 3. The van der Waals surface area contributed by atoms with Crippen LogP contribution in [-0.4, -0.2) is 86.0 Å². The van der Waals surface area contributed by atoms with Gasteiger partial charge in [0.1, 0.15) is 17.5 Å². The molecule has 3 heterocycles. The maximum Gasteiger partial charge on any atom is 0.410 e. The van der Waals surface area contributed by atoms with Crippen molar-refractivity contribution in [1.29, 1.82) is 0 Å². The molecule has 3 aromatic rings. The SMILES string of the molecule is COc1ccc(C(=O)Nc2cc(NC(=O)c3ccnc(N4CCOCC4)c3)ccc2C)cc1OC1CCN(C(=O)OC(C)(C)C)CC1. The molecule has 2 aliphatic rings. The van der Waals surface area contributed by atoms with E-state index in [0.717, 1.165) is 24.5 Å². The van der Waals surface area contributed by atoms with E-state index in [4.69, 9.17) is 18.9 Å². The number of aromatic nitrogens is 1. The van der Waals surface area contributed by atoms with Crippen LogP contribution in [0.2, 0.25) is 0 Å². The molecule has 0 unspecified atom stereocenters. The highest BCUT2D eigenvalue weighted by atomic mass is 16.6. The zero-order chi connectivity index (χ0) is 33.6. The van der Waals surface area contributed by atoms with Crippen molar-refractivity contribution < 1.29 is 33.3 Å². The second kappa shape index (κ2) is 14.7. The Morgan fingerprint density at radius 2 is 1.57 bits per heavy atom. The van der Waals surface area contributed by atoms with Crippen molar-refractivity contribution in [3.63, 3.8) is 0 Å². The summed E-state index contributed by atoms with van der Waals surface area (Å²) in [5.41, 5.74) is 2.24. The van der Waals surface area contributed by atoms with Gasteiger partial charge in [0.2, 0.25) is 0 Å². The fraction of sp³-hybridized carbons (Fsp3) is 0.429. The number of benzene rings is 2. The molecule has 0 spiro atoms. The molecule has 0 aliphatic carbocycles. The maximum atomic E-state index is 13.4. The molecule has 2 aliphatic heterocycles. The molecule has 2 saturated heterocycles. The van der Waals surface area contributed by atoms with E-state index < -0.39 is 5.60 Å². The second-order valence-corrected chi connectivity index (χ2v) is 12.6. The molecule has 1 aromatic heterocycles. The number of carbonyl (C=O) groups is 3. The van der Waals surface area contributed by atoms with Crippen LogP contribution in [0, 0.1) is 6.92 Å². The van der Waals surface area contributed by atoms with Crippen molar-refractivity contribution in [2.24, 2.45) is 0 Å². The van der Waals surface area contributed by atoms with E-state index in [1.54, 1.807) is 60.7 Å². The first-order valence-corrected chi connectivity index (χ1v) is 15.8. The predicted molar refractivity (Wildman–Crippen MR) is 179 cm³/mol. The lowest BCUT2D eigenvalue weighted by Crippen LogP contribution is -2.44. The highest BCUT2D eigenvalue weighted by Gasteiger charge is 2.28. The lowest BCUT2D eigenvalue weighted by Gasteiger charge is -2.33. The average Bonchev–Trinajstić information content (AvgIpc) is 3.06. The number of piperidine rings is 1. The fourth-order valence-electron chi connectivity index (χ4n) is 5.33. The largest absolute Gasteiger partial charge is 0.493 e. The van der Waals surface area contributed by atoms with Gasteiger partial charge in [-0.2, -0.15) is 0 Å². The Bertz CT molecular complexity index is 1590. The molecule has 2 aromatic carbocycles. The first-order valence-electron chi connectivity index (χ1n) is 15.8. The third-order valence-corrected chi connectivity index (χ3v) is 7.90. The molecule has 47 heavy (non-hydrogen) atoms. The number of hydrogen-bond donors (Lipinski definition) is 2. The Morgan fingerprint density at radius 3 is 2.28 bits per heavy atom. The van der Waals surface area contributed by atoms with Gasteiger partial charge in [0.15, 0.2) is 11.5 Å². The minimum Gasteiger partial charge on any atom is -0.493 e. The van der Waals surface area contributed by atoms with Crippen LogP contribution in [0.4, 0.5) is 22.0 Å². The molecular formula is C35H43N5O7. The van der Waals surface area contributed by atoms with Crippen LogP contribution in [0.3, 0.4) is 0 Å². The van der Waals surface area contributed by atoms with E-state index in [2.05, 4.69) is 20.5 Å². The second-order valence-electron chi connectivity index (χ2n) is 12.6. The summed E-state index contributed by atoms with van der Waals surface area (Å²) in [6.07, 6.45) is 2.37. The van der Waals surface area contributed by atoms with Gasteiger partial charge < -0.3 is 39.4 Å². The molecule has 0 saturated carbocycles. The number of likely N-dealkylation sites (tertiary alicyclic amines) is 1. The summed E-state index contributed by atoms with van der Waals surface area (Å²) in [7, 11) is 1.55. The number of methoxy groups -OCH3 is 1. The summed E-state index contributed by atoms with van der Waals surface area (Å²) in [6, 6.07) is 13.8. The van der Waals surface area contributed by atoms with Gasteiger partial charge in [-0.25, -0.2) is 9.78 Å². The van der Waals surface area contributed by atoms with Crippen LogP contribution < -0.4 is 25.0 Å². The van der Waals surface area contributed by atoms with Crippen LogP contribution in [0.5, 0.6) is 11.5 Å². The summed E-state index contributed by atoms with van der Waals surface area (Å²) in [5.74, 6) is 1.06. The van der Waals surface area contributed by atoms with Gasteiger partial charge in [-0.1, -0.05) is 6.07 Å². The first kappa shape index (κ1) is 33.5. The van der Waals surface area contributed by atoms with E-state index in [1.165, 1.54) is 0 Å². The van der Waals surface area contributed by atoms with E-state index in [0.29, 0.717) is 73.1 Å². The molecule has 3 amide bonds. The highest BCUT2D eigenvalue weighted by molar-refractivity contribution is 6.07. The third kappa shape index (κ3) is 8.91. The van der Waals surface area contributed by atoms with E-state index >= 15 is 0 Å². The van der Waals surface area contributed by atoms with Crippen LogP contribution in [0.15, 0.2) is 54.7 Å². The topological polar surface area (TPSA) is 132 Å². The van der Waals surface area contributed by atoms with Gasteiger partial charge in [-0.15, -0.1) is 0 Å². The summed E-state index contributed by atoms with van der Waals surface area (Å²) >= 11 is 0. The quantitative estimate of drug-likeness (QED) is 0.325. The minimum atomic E-state index is -0.555. The Hall–Kier alpha value is -4.84. The lowest BCUT2D eigenvalue weighted by atomic mass is 10.1. The molecule has 2 N–H and O–H groups in total. The standard InChI is InChI=1S/C35H43N5O7/c1-23-6-8-26(37-32(41)25-10-13-36-31(21-25)39-16-18-45-19-17-39)22-28(23)38-33(42)24-7-9-29(44-5)30(20-24)46-27-11-14-40(15-12-27)34(43)47-35(2,3)4/h6-10,13,20-22,27H,11-12,14-19H2,1-5H3,(H,37,41)(H,38,42). The normalized spacial score (nSPS) is 15.5. The number of aryl methyl sites for hydroxylation is 1. The first-order chi connectivity index (χ1) is 22.5. The van der Waals surface area contributed by atoms with Crippen molar-refractivity contribution in [2.45, 2.75) is 52.2 Å². The Morgan fingerprint density at radius 1 is 0.872 bits per heavy atom. The van der Waals surface area contributed by atoms with E-state index in [1.807, 2.05) is 33.8 Å². The van der Waals surface area contributed by atoms with Gasteiger partial charge in [-0.3, -0.25) is 9.59 Å². The summed E-state index contributed by atoms with van der Waals surface area (Å²) in [4.78, 5) is 47.2. The van der Waals surface area contributed by atoms with Crippen molar-refractivity contribution in [2.75, 3.05) is 62.0 Å². The van der Waals surface area contributed by atoms with Gasteiger partial charge in [0.25, 0.3) is 11.8 Å². The van der Waals surface area contributed by atoms with Gasteiger partial charge in [-0.05, 0) is 75.7 Å². The fourth-order valence-corrected chi connectivity index (χ4v) is 5.33. The van der Waals surface area contributed by atoms with Crippen molar-refractivity contribution in [3.05, 3.63) is 71.4 Å². The highest BCUT2D eigenvalue weighted by Crippen LogP contribution is 2.32. The van der Waals surface area contributed by atoms with Crippen molar-refractivity contribution in [3.8, 4) is 11.5 Å². The average molecular weight is 646 g/mol. The molecule has 250 valence electrons. The van der Waals surface area contributed by atoms with Crippen LogP contribution in [0.25, 0.3) is 0 Å². The minimum absolute atomic E-state index is 0.159. The van der Waals surface area contributed by atoms with Crippen molar-refractivity contribution >= 4 is 35.1 Å². The smallest absolute Gasteiger partial charge is 0.410 e. The van der Waals surface area contributed by atoms with E-state index in [-0.39, 0.29) is 24.0 Å². The molecule has 0 bridgehead atoms. The van der Waals surface area contributed by atoms with E-state index in [9.17, 15) is 14.4 Å². The lowest BCUT2D eigenvalue weighted by molar-refractivity contribution is 0.0124. The van der Waals surface area contributed by atoms with Gasteiger partial charge >= 0.3 is 6.09 Å². The summed E-state index contributed by atoms with van der Waals surface area (Å²) in [6.45, 7) is 11.1. The third-order valence-electron chi connectivity index (χ3n) is 7.90. The molecule has 12 nitrogen and oxygen atoms in total. The number of rotatable bonds is 8. The molecule has 0 radical (unpaired) electrons. The predicted octanol–water partition coefficient (Wildman–Crippen LogP) is 5.52. The number of anilines is 3. The summed E-state index contributed by atoms with van der Waals surface area (Å²) in [5, 5.41) is 5.89. The summed E-state index contributed by atoms with van der Waals surface area (Å²) < 4.78 is 22.7. The molecule has 2 fully saturated rings. The Labute approximate surface area is 275 Å². The van der Waals surface area contributed by atoms with Crippen LogP contribution in [0.1, 0.15) is 59.9 Å². The van der Waals surface area contributed by atoms with Crippen molar-refractivity contribution in [1.82, 2.24) is 9.88 Å².